The first-order valence-electron chi connectivity index (χ1n) is 7.29. The zero-order valence-corrected chi connectivity index (χ0v) is 12.9. The maximum atomic E-state index is 11.7. The van der Waals surface area contributed by atoms with Crippen molar-refractivity contribution in [2.75, 3.05) is 20.2 Å². The molecule has 0 unspecified atom stereocenters. The molecule has 1 fully saturated rings. The van der Waals surface area contributed by atoms with Crippen molar-refractivity contribution >= 4 is 5.97 Å². The average Bonchev–Trinajstić information content (AvgIpc) is 2.42. The van der Waals surface area contributed by atoms with E-state index in [1.807, 2.05) is 25.2 Å². The number of carbonyl (C=O) groups is 1. The Morgan fingerprint density at radius 1 is 1.48 bits per heavy atom. The molecule has 1 aromatic rings. The Kier molecular flexibility index (Phi) is 4.80. The highest BCUT2D eigenvalue weighted by Crippen LogP contribution is 2.37. The third-order valence-corrected chi connectivity index (χ3v) is 3.96. The maximum Gasteiger partial charge on any atom is 0.330 e. The molecule has 2 rings (SSSR count). The van der Waals surface area contributed by atoms with Crippen LogP contribution in [0.2, 0.25) is 0 Å². The lowest BCUT2D eigenvalue weighted by Crippen LogP contribution is -2.47. The number of nitrogens with zero attached hydrogens (tertiary/aromatic N) is 1. The largest absolute Gasteiger partial charge is 0.463 e. The summed E-state index contributed by atoms with van der Waals surface area (Å²) in [4.78, 5) is 13.8. The predicted molar refractivity (Wildman–Crippen MR) is 81.8 cm³/mol. The third-order valence-electron chi connectivity index (χ3n) is 3.96. The second-order valence-corrected chi connectivity index (χ2v) is 5.74. The highest BCUT2D eigenvalue weighted by atomic mass is 16.5. The molecule has 0 saturated carbocycles. The Hall–Kier alpha value is -1.65. The minimum atomic E-state index is -1.01. The summed E-state index contributed by atoms with van der Waals surface area (Å²) >= 11 is 0. The summed E-state index contributed by atoms with van der Waals surface area (Å²) in [6.45, 7) is 4.34. The molecule has 0 aliphatic carbocycles. The minimum absolute atomic E-state index is 0.159. The van der Waals surface area contributed by atoms with E-state index in [1.165, 1.54) is 11.6 Å². The number of aliphatic hydroxyl groups is 1. The van der Waals surface area contributed by atoms with E-state index < -0.39 is 5.60 Å². The number of ether oxygens (including phenoxy) is 1. The summed E-state index contributed by atoms with van der Waals surface area (Å²) < 4.78 is 4.97. The van der Waals surface area contributed by atoms with E-state index in [0.29, 0.717) is 19.6 Å². The average molecular weight is 289 g/mol. The summed E-state index contributed by atoms with van der Waals surface area (Å²) in [5, 5.41) is 10.6. The van der Waals surface area contributed by atoms with Gasteiger partial charge in [-0.05, 0) is 38.5 Å². The van der Waals surface area contributed by atoms with Crippen LogP contribution in [0, 0.1) is 0 Å². The third kappa shape index (κ3) is 3.71. The van der Waals surface area contributed by atoms with Gasteiger partial charge in [-0.15, -0.1) is 0 Å². The lowest BCUT2D eigenvalue weighted by Gasteiger charge is -2.42. The van der Waals surface area contributed by atoms with Gasteiger partial charge in [-0.2, -0.15) is 0 Å². The van der Waals surface area contributed by atoms with E-state index in [4.69, 9.17) is 4.74 Å². The van der Waals surface area contributed by atoms with Gasteiger partial charge in [0.1, 0.15) is 0 Å². The fraction of sp³-hybridized carbons (Fsp3) is 0.471. The second-order valence-electron chi connectivity index (χ2n) is 5.74. The molecular weight excluding hydrogens is 266 g/mol. The fourth-order valence-electron chi connectivity index (χ4n) is 2.87. The molecule has 114 valence electrons. The van der Waals surface area contributed by atoms with Crippen molar-refractivity contribution < 1.29 is 14.6 Å². The number of hydrogen-bond acceptors (Lipinski definition) is 4. The smallest absolute Gasteiger partial charge is 0.330 e. The van der Waals surface area contributed by atoms with Crippen molar-refractivity contribution in [2.24, 2.45) is 0 Å². The van der Waals surface area contributed by atoms with Crippen LogP contribution in [-0.2, 0) is 9.53 Å². The van der Waals surface area contributed by atoms with Crippen LogP contribution in [-0.4, -0.2) is 41.8 Å². The number of hydrogen-bond donors (Lipinski definition) is 1. The van der Waals surface area contributed by atoms with Gasteiger partial charge in [-0.3, -0.25) is 4.90 Å². The van der Waals surface area contributed by atoms with Crippen molar-refractivity contribution in [3.63, 3.8) is 0 Å². The minimum Gasteiger partial charge on any atom is -0.463 e. The molecule has 4 heteroatoms. The molecule has 1 N–H and O–H groups in total. The van der Waals surface area contributed by atoms with Crippen molar-refractivity contribution in [1.29, 1.82) is 0 Å². The molecule has 1 heterocycles. The van der Waals surface area contributed by atoms with Crippen molar-refractivity contribution in [2.45, 2.75) is 31.9 Å². The summed E-state index contributed by atoms with van der Waals surface area (Å²) in [5.41, 5.74) is 0.908. The number of likely N-dealkylation sites (N-methyl/N-ethyl adjacent to an activating group) is 1. The number of likely N-dealkylation sites (tertiary alicyclic amines) is 1. The van der Waals surface area contributed by atoms with E-state index in [9.17, 15) is 9.90 Å². The number of β-amino-alcohol motifs (C(OH)–C–C–N with tert-alkyl or cyclic N) is 1. The lowest BCUT2D eigenvalue weighted by molar-refractivity contribution is -0.137. The summed E-state index contributed by atoms with van der Waals surface area (Å²) in [5.74, 6) is -0.385. The summed E-state index contributed by atoms with van der Waals surface area (Å²) in [7, 11) is 1.99. The fourth-order valence-corrected chi connectivity index (χ4v) is 2.87. The van der Waals surface area contributed by atoms with Gasteiger partial charge in [0.15, 0.2) is 0 Å². The van der Waals surface area contributed by atoms with Gasteiger partial charge < -0.3 is 9.84 Å². The van der Waals surface area contributed by atoms with E-state index in [2.05, 4.69) is 17.0 Å². The van der Waals surface area contributed by atoms with E-state index in [1.54, 1.807) is 13.8 Å². The Bertz CT molecular complexity index is 522. The molecule has 0 amide bonds. The molecule has 4 nitrogen and oxygen atoms in total. The standard InChI is InChI=1S/C17H23NO3/c1-4-21-16(19)11-14-10-15(13-8-6-5-7-9-13)18(3)12-17(14,2)20/h5-9,11,15,20H,4,10,12H2,1-3H3/b14-11-/t15-,17+/m1/s1. The van der Waals surface area contributed by atoms with E-state index in [-0.39, 0.29) is 12.0 Å². The van der Waals surface area contributed by atoms with Crippen LogP contribution in [0.3, 0.4) is 0 Å². The van der Waals surface area contributed by atoms with Crippen LogP contribution in [0.25, 0.3) is 0 Å². The molecule has 1 aliphatic heterocycles. The Balaban J connectivity index is 2.26. The summed E-state index contributed by atoms with van der Waals surface area (Å²) in [6.07, 6.45) is 2.07. The van der Waals surface area contributed by atoms with Crippen molar-refractivity contribution in [3.8, 4) is 0 Å². The molecule has 1 saturated heterocycles. The summed E-state index contributed by atoms with van der Waals surface area (Å²) in [6, 6.07) is 10.3. The number of benzene rings is 1. The van der Waals surface area contributed by atoms with Gasteiger partial charge >= 0.3 is 5.97 Å². The normalized spacial score (nSPS) is 28.6. The van der Waals surface area contributed by atoms with Crippen LogP contribution in [0.5, 0.6) is 0 Å². The van der Waals surface area contributed by atoms with Gasteiger partial charge in [-0.1, -0.05) is 30.3 Å². The highest BCUT2D eigenvalue weighted by Gasteiger charge is 2.37. The first-order chi connectivity index (χ1) is 9.94. The molecule has 2 atom stereocenters. The molecule has 1 aromatic carbocycles. The zero-order chi connectivity index (χ0) is 15.5. The van der Waals surface area contributed by atoms with Crippen molar-refractivity contribution in [1.82, 2.24) is 4.90 Å². The molecular formula is C17H23NO3. The number of esters is 1. The predicted octanol–water partition coefficient (Wildman–Crippen LogP) is 2.30. The lowest BCUT2D eigenvalue weighted by atomic mass is 9.82. The molecule has 21 heavy (non-hydrogen) atoms. The Morgan fingerprint density at radius 2 is 2.14 bits per heavy atom. The first-order valence-corrected chi connectivity index (χ1v) is 7.29. The second kappa shape index (κ2) is 6.41. The van der Waals surface area contributed by atoms with Crippen LogP contribution in [0.15, 0.2) is 42.0 Å². The quantitative estimate of drug-likeness (QED) is 0.685. The van der Waals surface area contributed by atoms with Crippen LogP contribution in [0.4, 0.5) is 0 Å². The first kappa shape index (κ1) is 15.7. The van der Waals surface area contributed by atoms with Gasteiger partial charge in [0, 0.05) is 18.7 Å². The molecule has 1 aliphatic rings. The number of rotatable bonds is 3. The van der Waals surface area contributed by atoms with Crippen LogP contribution < -0.4 is 0 Å². The molecule has 0 bridgehead atoms. The number of piperidine rings is 1. The van der Waals surface area contributed by atoms with Gasteiger partial charge in [0.25, 0.3) is 0 Å². The van der Waals surface area contributed by atoms with E-state index in [0.717, 1.165) is 5.57 Å². The highest BCUT2D eigenvalue weighted by molar-refractivity contribution is 5.83. The topological polar surface area (TPSA) is 49.8 Å². The van der Waals surface area contributed by atoms with Crippen LogP contribution in [0.1, 0.15) is 31.9 Å². The monoisotopic (exact) mass is 289 g/mol. The van der Waals surface area contributed by atoms with Crippen LogP contribution >= 0.6 is 0 Å². The maximum absolute atomic E-state index is 11.7. The van der Waals surface area contributed by atoms with Gasteiger partial charge in [-0.25, -0.2) is 4.79 Å². The zero-order valence-electron chi connectivity index (χ0n) is 12.9. The number of carbonyl (C=O) groups excluding carboxylic acids is 1. The van der Waals surface area contributed by atoms with Gasteiger partial charge in [0.05, 0.1) is 12.2 Å². The molecule has 0 radical (unpaired) electrons. The van der Waals surface area contributed by atoms with E-state index >= 15 is 0 Å². The van der Waals surface area contributed by atoms with Crippen molar-refractivity contribution in [3.05, 3.63) is 47.5 Å². The molecule has 0 aromatic heterocycles. The Morgan fingerprint density at radius 3 is 2.76 bits per heavy atom. The SMILES string of the molecule is CCOC(=O)/C=C1/C[C@H](c2ccccc2)N(C)C[C@]1(C)O. The molecule has 0 spiro atoms. The Labute approximate surface area is 126 Å². The van der Waals surface area contributed by atoms with Gasteiger partial charge in [0.2, 0.25) is 0 Å².